The molecule has 0 aliphatic rings. The molecule has 0 aliphatic heterocycles. The fourth-order valence-corrected chi connectivity index (χ4v) is 2.06. The van der Waals surface area contributed by atoms with Gasteiger partial charge in [0.2, 0.25) is 0 Å². The maximum absolute atomic E-state index is 12.2. The smallest absolute Gasteiger partial charge is 0.320 e. The molecular formula is C15H20O2. The van der Waals surface area contributed by atoms with Crippen LogP contribution in [-0.2, 0) is 14.9 Å². The van der Waals surface area contributed by atoms with E-state index in [0.29, 0.717) is 6.61 Å². The van der Waals surface area contributed by atoms with E-state index in [2.05, 4.69) is 13.5 Å². The third kappa shape index (κ3) is 2.76. The van der Waals surface area contributed by atoms with Crippen LogP contribution in [0.25, 0.3) is 0 Å². The highest BCUT2D eigenvalue weighted by molar-refractivity contribution is 5.85. The van der Waals surface area contributed by atoms with Crippen LogP contribution in [-0.4, -0.2) is 12.6 Å². The number of carbonyl (C=O) groups excluding carboxylic acids is 1. The van der Waals surface area contributed by atoms with Gasteiger partial charge in [0.25, 0.3) is 0 Å². The van der Waals surface area contributed by atoms with Gasteiger partial charge in [0, 0.05) is 0 Å². The highest BCUT2D eigenvalue weighted by atomic mass is 16.5. The molecule has 1 rings (SSSR count). The van der Waals surface area contributed by atoms with Crippen molar-refractivity contribution in [1.82, 2.24) is 0 Å². The Bertz CT molecular complexity index is 370. The van der Waals surface area contributed by atoms with Gasteiger partial charge >= 0.3 is 5.97 Å². The lowest BCUT2D eigenvalue weighted by Crippen LogP contribution is -2.35. The van der Waals surface area contributed by atoms with E-state index in [1.165, 1.54) is 0 Å². The van der Waals surface area contributed by atoms with E-state index in [0.717, 1.165) is 18.4 Å². The van der Waals surface area contributed by atoms with Crippen molar-refractivity contribution in [3.05, 3.63) is 48.6 Å². The topological polar surface area (TPSA) is 26.3 Å². The second-order valence-corrected chi connectivity index (χ2v) is 4.01. The first-order chi connectivity index (χ1) is 8.21. The molecule has 0 N–H and O–H groups in total. The number of carbonyl (C=O) groups is 1. The molecule has 0 saturated heterocycles. The summed E-state index contributed by atoms with van der Waals surface area (Å²) >= 11 is 0. The standard InChI is InChI=1S/C15H20O2/c1-4-12-15(5-2,14(16)17-6-3)13-10-8-7-9-11-13/h5,7-11H,2,4,6,12H2,1,3H3. The Morgan fingerprint density at radius 3 is 2.47 bits per heavy atom. The van der Waals surface area contributed by atoms with Gasteiger partial charge in [-0.25, -0.2) is 0 Å². The monoisotopic (exact) mass is 232 g/mol. The van der Waals surface area contributed by atoms with Crippen molar-refractivity contribution in [1.29, 1.82) is 0 Å². The van der Waals surface area contributed by atoms with E-state index in [1.807, 2.05) is 37.3 Å². The first-order valence-corrected chi connectivity index (χ1v) is 6.07. The Balaban J connectivity index is 3.17. The van der Waals surface area contributed by atoms with Crippen molar-refractivity contribution in [3.8, 4) is 0 Å². The highest BCUT2D eigenvalue weighted by Crippen LogP contribution is 2.32. The molecule has 1 atom stereocenters. The van der Waals surface area contributed by atoms with Gasteiger partial charge in [-0.05, 0) is 18.9 Å². The maximum Gasteiger partial charge on any atom is 0.320 e. The number of ether oxygens (including phenoxy) is 1. The van der Waals surface area contributed by atoms with E-state index in [1.54, 1.807) is 6.08 Å². The molecule has 2 heteroatoms. The predicted molar refractivity (Wildman–Crippen MR) is 69.9 cm³/mol. The molecule has 0 fully saturated rings. The van der Waals surface area contributed by atoms with Gasteiger partial charge in [-0.15, -0.1) is 6.58 Å². The lowest BCUT2D eigenvalue weighted by Gasteiger charge is -2.28. The van der Waals surface area contributed by atoms with Crippen LogP contribution in [0.4, 0.5) is 0 Å². The van der Waals surface area contributed by atoms with Crippen LogP contribution in [0.2, 0.25) is 0 Å². The summed E-state index contributed by atoms with van der Waals surface area (Å²) < 4.78 is 5.20. The highest BCUT2D eigenvalue weighted by Gasteiger charge is 2.37. The summed E-state index contributed by atoms with van der Waals surface area (Å²) in [5.41, 5.74) is 0.252. The largest absolute Gasteiger partial charge is 0.465 e. The Morgan fingerprint density at radius 2 is 2.00 bits per heavy atom. The van der Waals surface area contributed by atoms with Gasteiger partial charge in [0.15, 0.2) is 0 Å². The molecule has 0 bridgehead atoms. The van der Waals surface area contributed by atoms with Crippen molar-refractivity contribution in [3.63, 3.8) is 0 Å². The Labute approximate surface area is 103 Å². The number of hydrogen-bond acceptors (Lipinski definition) is 2. The quantitative estimate of drug-likeness (QED) is 0.554. The lowest BCUT2D eigenvalue weighted by molar-refractivity contribution is -0.148. The average Bonchev–Trinajstić information content (AvgIpc) is 2.37. The third-order valence-electron chi connectivity index (χ3n) is 2.92. The van der Waals surface area contributed by atoms with Crippen LogP contribution in [0, 0.1) is 0 Å². The zero-order valence-corrected chi connectivity index (χ0v) is 10.6. The molecule has 1 unspecified atom stereocenters. The molecule has 2 nitrogen and oxygen atoms in total. The summed E-state index contributed by atoms with van der Waals surface area (Å²) in [6.07, 6.45) is 3.34. The lowest BCUT2D eigenvalue weighted by atomic mass is 9.77. The molecular weight excluding hydrogens is 212 g/mol. The molecule has 0 amide bonds. The number of esters is 1. The Kier molecular flexibility index (Phi) is 4.95. The predicted octanol–water partition coefficient (Wildman–Crippen LogP) is 3.47. The summed E-state index contributed by atoms with van der Waals surface area (Å²) in [7, 11) is 0. The van der Waals surface area contributed by atoms with E-state index in [4.69, 9.17) is 4.74 Å². The van der Waals surface area contributed by atoms with Crippen molar-refractivity contribution >= 4 is 5.97 Å². The van der Waals surface area contributed by atoms with E-state index >= 15 is 0 Å². The van der Waals surface area contributed by atoms with E-state index in [-0.39, 0.29) is 5.97 Å². The van der Waals surface area contributed by atoms with Gasteiger partial charge in [0.05, 0.1) is 6.61 Å². The van der Waals surface area contributed by atoms with Gasteiger partial charge < -0.3 is 4.74 Å². The Hall–Kier alpha value is -1.57. The van der Waals surface area contributed by atoms with Crippen LogP contribution in [0.5, 0.6) is 0 Å². The summed E-state index contributed by atoms with van der Waals surface area (Å²) in [6, 6.07) is 9.71. The van der Waals surface area contributed by atoms with Crippen molar-refractivity contribution in [2.24, 2.45) is 0 Å². The van der Waals surface area contributed by atoms with Crippen LogP contribution >= 0.6 is 0 Å². The van der Waals surface area contributed by atoms with E-state index < -0.39 is 5.41 Å². The fraction of sp³-hybridized carbons (Fsp3) is 0.400. The van der Waals surface area contributed by atoms with Gasteiger partial charge in [-0.1, -0.05) is 49.8 Å². The van der Waals surface area contributed by atoms with Crippen LogP contribution in [0.3, 0.4) is 0 Å². The van der Waals surface area contributed by atoms with Crippen LogP contribution < -0.4 is 0 Å². The van der Waals surface area contributed by atoms with Crippen molar-refractivity contribution in [2.45, 2.75) is 32.1 Å². The summed E-state index contributed by atoms with van der Waals surface area (Å²) in [5.74, 6) is -0.206. The van der Waals surface area contributed by atoms with Gasteiger partial charge in [0.1, 0.15) is 5.41 Å². The third-order valence-corrected chi connectivity index (χ3v) is 2.92. The summed E-state index contributed by atoms with van der Waals surface area (Å²) in [5, 5.41) is 0. The minimum absolute atomic E-state index is 0.206. The molecule has 0 spiro atoms. The first kappa shape index (κ1) is 13.5. The average molecular weight is 232 g/mol. The molecule has 0 aromatic heterocycles. The molecule has 0 aliphatic carbocycles. The zero-order valence-electron chi connectivity index (χ0n) is 10.6. The summed E-state index contributed by atoms with van der Waals surface area (Å²) in [6.45, 7) is 8.10. The Morgan fingerprint density at radius 1 is 1.35 bits per heavy atom. The molecule has 0 heterocycles. The van der Waals surface area contributed by atoms with Crippen molar-refractivity contribution in [2.75, 3.05) is 6.61 Å². The molecule has 92 valence electrons. The molecule has 1 aromatic rings. The SMILES string of the molecule is C=CC(CCC)(C(=O)OCC)c1ccccc1. The fourth-order valence-electron chi connectivity index (χ4n) is 2.06. The second kappa shape index (κ2) is 6.24. The maximum atomic E-state index is 12.2. The number of benzene rings is 1. The number of hydrogen-bond donors (Lipinski definition) is 0. The van der Waals surface area contributed by atoms with Crippen molar-refractivity contribution < 1.29 is 9.53 Å². The second-order valence-electron chi connectivity index (χ2n) is 4.01. The molecule has 1 aromatic carbocycles. The van der Waals surface area contributed by atoms with E-state index in [9.17, 15) is 4.79 Å². The van der Waals surface area contributed by atoms with Gasteiger partial charge in [-0.3, -0.25) is 4.79 Å². The normalized spacial score (nSPS) is 13.8. The minimum Gasteiger partial charge on any atom is -0.465 e. The minimum atomic E-state index is -0.702. The van der Waals surface area contributed by atoms with Crippen LogP contribution in [0.15, 0.2) is 43.0 Å². The summed E-state index contributed by atoms with van der Waals surface area (Å²) in [4.78, 5) is 12.2. The van der Waals surface area contributed by atoms with Gasteiger partial charge in [-0.2, -0.15) is 0 Å². The molecule has 17 heavy (non-hydrogen) atoms. The van der Waals surface area contributed by atoms with Crippen LogP contribution in [0.1, 0.15) is 32.3 Å². The molecule has 0 radical (unpaired) electrons. The first-order valence-electron chi connectivity index (χ1n) is 6.07. The number of rotatable bonds is 6. The zero-order chi connectivity index (χ0) is 12.7. The molecule has 0 saturated carbocycles.